The second-order valence-electron chi connectivity index (χ2n) is 5.24. The van der Waals surface area contributed by atoms with E-state index in [1.54, 1.807) is 7.05 Å². The molecule has 1 aromatic heterocycles. The average molecular weight is 315 g/mol. The fourth-order valence-electron chi connectivity index (χ4n) is 2.11. The molecule has 1 amide bonds. The van der Waals surface area contributed by atoms with Crippen molar-refractivity contribution in [3.63, 3.8) is 0 Å². The highest BCUT2D eigenvalue weighted by atomic mass is 32.2. The first-order valence-corrected chi connectivity index (χ1v) is 8.88. The molecule has 0 aliphatic rings. The summed E-state index contributed by atoms with van der Waals surface area (Å²) >= 11 is 0. The second-order valence-corrected chi connectivity index (χ2v) is 6.80. The second kappa shape index (κ2) is 8.19. The number of aryl methyl sites for hydroxylation is 1. The van der Waals surface area contributed by atoms with E-state index in [-0.39, 0.29) is 10.8 Å². The maximum absolute atomic E-state index is 12.0. The topological polar surface area (TPSA) is 94.2 Å². The molecule has 1 rings (SSSR count). The molecule has 21 heavy (non-hydrogen) atoms. The first-order valence-electron chi connectivity index (χ1n) is 7.33. The standard InChI is InChI=1S/C14H25N3O3S/c1-3-4-5-6-7-8-9-16-14(18)13-10-12(11-17(13)2)21(15,19)20/h10-11H,3-9H2,1-2H3,(H,16,18)(H2,15,19,20). The van der Waals surface area contributed by atoms with Crippen molar-refractivity contribution in [1.29, 1.82) is 0 Å². The molecule has 0 saturated carbocycles. The lowest BCUT2D eigenvalue weighted by molar-refractivity contribution is 0.0945. The van der Waals surface area contributed by atoms with Gasteiger partial charge in [0.25, 0.3) is 5.91 Å². The molecular weight excluding hydrogens is 290 g/mol. The average Bonchev–Trinajstić information content (AvgIpc) is 2.79. The normalized spacial score (nSPS) is 11.6. The van der Waals surface area contributed by atoms with Crippen molar-refractivity contribution in [2.75, 3.05) is 6.54 Å². The van der Waals surface area contributed by atoms with Crippen LogP contribution in [0.3, 0.4) is 0 Å². The molecule has 0 aliphatic heterocycles. The van der Waals surface area contributed by atoms with E-state index in [2.05, 4.69) is 12.2 Å². The van der Waals surface area contributed by atoms with Crippen LogP contribution in [0.1, 0.15) is 55.9 Å². The van der Waals surface area contributed by atoms with Crippen LogP contribution in [-0.2, 0) is 17.1 Å². The first kappa shape index (κ1) is 17.7. The minimum absolute atomic E-state index is 0.0466. The molecule has 3 N–H and O–H groups in total. The number of nitrogens with zero attached hydrogens (tertiary/aromatic N) is 1. The van der Waals surface area contributed by atoms with Gasteiger partial charge in [0.2, 0.25) is 10.0 Å². The van der Waals surface area contributed by atoms with E-state index in [1.807, 2.05) is 0 Å². The summed E-state index contributed by atoms with van der Waals surface area (Å²) in [4.78, 5) is 11.9. The van der Waals surface area contributed by atoms with Crippen LogP contribution >= 0.6 is 0 Å². The van der Waals surface area contributed by atoms with Crippen LogP contribution in [0, 0.1) is 0 Å². The first-order chi connectivity index (χ1) is 9.86. The zero-order valence-electron chi connectivity index (χ0n) is 12.8. The number of unbranched alkanes of at least 4 members (excludes halogenated alkanes) is 5. The summed E-state index contributed by atoms with van der Waals surface area (Å²) in [5.74, 6) is -0.277. The van der Waals surface area contributed by atoms with Crippen LogP contribution in [0.5, 0.6) is 0 Å². The van der Waals surface area contributed by atoms with Crippen molar-refractivity contribution in [1.82, 2.24) is 9.88 Å². The number of aromatic nitrogens is 1. The maximum Gasteiger partial charge on any atom is 0.267 e. The van der Waals surface area contributed by atoms with Crippen LogP contribution in [-0.4, -0.2) is 25.4 Å². The van der Waals surface area contributed by atoms with Crippen LogP contribution in [0.25, 0.3) is 0 Å². The molecule has 1 heterocycles. The van der Waals surface area contributed by atoms with E-state index in [4.69, 9.17) is 5.14 Å². The number of hydrogen-bond acceptors (Lipinski definition) is 3. The predicted octanol–water partition coefficient (Wildman–Crippen LogP) is 1.76. The fraction of sp³-hybridized carbons (Fsp3) is 0.643. The number of carbonyl (C=O) groups is 1. The van der Waals surface area contributed by atoms with Gasteiger partial charge < -0.3 is 9.88 Å². The predicted molar refractivity (Wildman–Crippen MR) is 82.5 cm³/mol. The number of carbonyl (C=O) groups excluding carboxylic acids is 1. The Hall–Kier alpha value is -1.34. The summed E-state index contributed by atoms with van der Waals surface area (Å²) in [6.07, 6.45) is 8.26. The molecular formula is C14H25N3O3S. The fourth-order valence-corrected chi connectivity index (χ4v) is 2.69. The number of sulfonamides is 1. The zero-order valence-corrected chi connectivity index (χ0v) is 13.6. The van der Waals surface area contributed by atoms with Crippen LogP contribution in [0.2, 0.25) is 0 Å². The molecule has 0 aliphatic carbocycles. The minimum Gasteiger partial charge on any atom is -0.351 e. The molecule has 0 saturated heterocycles. The van der Waals surface area contributed by atoms with Crippen molar-refractivity contribution < 1.29 is 13.2 Å². The Morgan fingerprint density at radius 1 is 1.24 bits per heavy atom. The third kappa shape index (κ3) is 5.89. The number of rotatable bonds is 9. The van der Waals surface area contributed by atoms with Crippen molar-refractivity contribution in [2.45, 2.75) is 50.3 Å². The van der Waals surface area contributed by atoms with Crippen molar-refractivity contribution in [3.8, 4) is 0 Å². The van der Waals surface area contributed by atoms with Gasteiger partial charge in [0.15, 0.2) is 0 Å². The van der Waals surface area contributed by atoms with E-state index in [9.17, 15) is 13.2 Å². The maximum atomic E-state index is 12.0. The van der Waals surface area contributed by atoms with Gasteiger partial charge in [-0.05, 0) is 12.5 Å². The summed E-state index contributed by atoms with van der Waals surface area (Å²) in [5, 5.41) is 7.85. The van der Waals surface area contributed by atoms with Gasteiger partial charge in [-0.15, -0.1) is 0 Å². The smallest absolute Gasteiger partial charge is 0.267 e. The lowest BCUT2D eigenvalue weighted by Gasteiger charge is -2.05. The van der Waals surface area contributed by atoms with Crippen molar-refractivity contribution in [2.24, 2.45) is 12.2 Å². The molecule has 0 spiro atoms. The highest BCUT2D eigenvalue weighted by molar-refractivity contribution is 7.89. The van der Waals surface area contributed by atoms with Gasteiger partial charge in [0, 0.05) is 19.8 Å². The van der Waals surface area contributed by atoms with Gasteiger partial charge >= 0.3 is 0 Å². The van der Waals surface area contributed by atoms with Gasteiger partial charge in [0.1, 0.15) is 10.6 Å². The van der Waals surface area contributed by atoms with E-state index in [1.165, 1.54) is 42.5 Å². The minimum atomic E-state index is -3.78. The van der Waals surface area contributed by atoms with Crippen LogP contribution in [0.4, 0.5) is 0 Å². The van der Waals surface area contributed by atoms with Crippen LogP contribution in [0.15, 0.2) is 17.2 Å². The molecule has 6 nitrogen and oxygen atoms in total. The molecule has 0 fully saturated rings. The van der Waals surface area contributed by atoms with Gasteiger partial charge in [-0.25, -0.2) is 13.6 Å². The summed E-state index contributed by atoms with van der Waals surface area (Å²) in [6.45, 7) is 2.77. The highest BCUT2D eigenvalue weighted by Crippen LogP contribution is 2.11. The number of nitrogens with one attached hydrogen (secondary N) is 1. The number of primary sulfonamides is 1. The largest absolute Gasteiger partial charge is 0.351 e. The van der Waals surface area contributed by atoms with E-state index < -0.39 is 10.0 Å². The van der Waals surface area contributed by atoms with E-state index in [0.717, 1.165) is 12.8 Å². The summed E-state index contributed by atoms with van der Waals surface area (Å²) in [7, 11) is -2.16. The summed E-state index contributed by atoms with van der Waals surface area (Å²) < 4.78 is 23.9. The molecule has 0 unspecified atom stereocenters. The molecule has 7 heteroatoms. The quantitative estimate of drug-likeness (QED) is 0.680. The van der Waals surface area contributed by atoms with Gasteiger partial charge in [-0.2, -0.15) is 0 Å². The SMILES string of the molecule is CCCCCCCCNC(=O)c1cc(S(N)(=O)=O)cn1C. The van der Waals surface area contributed by atoms with Crippen molar-refractivity contribution >= 4 is 15.9 Å². The summed E-state index contributed by atoms with van der Waals surface area (Å²) in [5.41, 5.74) is 0.296. The summed E-state index contributed by atoms with van der Waals surface area (Å²) in [6, 6.07) is 1.30. The molecule has 120 valence electrons. The Bertz CT molecular complexity index is 564. The van der Waals surface area contributed by atoms with Gasteiger partial charge in [0.05, 0.1) is 0 Å². The van der Waals surface area contributed by atoms with E-state index >= 15 is 0 Å². The molecule has 0 bridgehead atoms. The highest BCUT2D eigenvalue weighted by Gasteiger charge is 2.16. The van der Waals surface area contributed by atoms with Gasteiger partial charge in [-0.3, -0.25) is 4.79 Å². The zero-order chi connectivity index (χ0) is 15.9. The number of amides is 1. The number of nitrogens with two attached hydrogens (primary N) is 1. The lowest BCUT2D eigenvalue weighted by atomic mass is 10.1. The molecule has 1 aromatic rings. The Balaban J connectivity index is 2.41. The Morgan fingerprint density at radius 2 is 1.86 bits per heavy atom. The molecule has 0 aromatic carbocycles. The Morgan fingerprint density at radius 3 is 2.43 bits per heavy atom. The lowest BCUT2D eigenvalue weighted by Crippen LogP contribution is -2.26. The van der Waals surface area contributed by atoms with Gasteiger partial charge in [-0.1, -0.05) is 39.0 Å². The van der Waals surface area contributed by atoms with Crippen molar-refractivity contribution in [3.05, 3.63) is 18.0 Å². The Kier molecular flexibility index (Phi) is 6.91. The molecule has 0 radical (unpaired) electrons. The van der Waals surface area contributed by atoms with Crippen LogP contribution < -0.4 is 10.5 Å². The molecule has 0 atom stereocenters. The van der Waals surface area contributed by atoms with E-state index in [0.29, 0.717) is 12.2 Å². The Labute approximate surface area is 126 Å². The third-order valence-corrected chi connectivity index (χ3v) is 4.24. The third-order valence-electron chi connectivity index (χ3n) is 3.36. The monoisotopic (exact) mass is 315 g/mol. The number of hydrogen-bond donors (Lipinski definition) is 2.